The summed E-state index contributed by atoms with van der Waals surface area (Å²) in [5.41, 5.74) is 1.52. The van der Waals surface area contributed by atoms with Crippen molar-refractivity contribution in [3.63, 3.8) is 0 Å². The zero-order valence-electron chi connectivity index (χ0n) is 15.2. The maximum atomic E-state index is 11.0. The minimum atomic E-state index is -0.868. The molecule has 0 radical (unpaired) electrons. The van der Waals surface area contributed by atoms with Crippen molar-refractivity contribution in [2.75, 3.05) is 13.1 Å². The molecule has 1 atom stereocenters. The molecule has 26 heavy (non-hydrogen) atoms. The summed E-state index contributed by atoms with van der Waals surface area (Å²) in [5, 5.41) is 9.03. The van der Waals surface area contributed by atoms with E-state index >= 15 is 0 Å². The number of aromatic carboxylic acids is 1. The number of benzene rings is 1. The number of piperidine rings is 1. The molecule has 1 saturated carbocycles. The highest BCUT2D eigenvalue weighted by Gasteiger charge is 2.26. The molecular weight excluding hydrogens is 326 g/mol. The summed E-state index contributed by atoms with van der Waals surface area (Å²) in [6, 6.07) is 7.27. The molecule has 2 heterocycles. The van der Waals surface area contributed by atoms with E-state index in [1.165, 1.54) is 43.5 Å². The molecular formula is C21H27N3O2. The Morgan fingerprint density at radius 3 is 2.65 bits per heavy atom. The Morgan fingerprint density at radius 1 is 1.15 bits per heavy atom. The van der Waals surface area contributed by atoms with E-state index in [4.69, 9.17) is 10.1 Å². The Kier molecular flexibility index (Phi) is 5.07. The van der Waals surface area contributed by atoms with Crippen molar-refractivity contribution in [1.29, 1.82) is 0 Å². The number of hydrogen-bond donors (Lipinski definition) is 1. The second-order valence-corrected chi connectivity index (χ2v) is 7.81. The molecule has 1 aromatic heterocycles. The minimum absolute atomic E-state index is 0.350. The van der Waals surface area contributed by atoms with Crippen LogP contribution in [0.3, 0.4) is 0 Å². The van der Waals surface area contributed by atoms with Crippen molar-refractivity contribution < 1.29 is 9.90 Å². The monoisotopic (exact) mass is 353 g/mol. The molecule has 1 aliphatic carbocycles. The molecule has 5 heteroatoms. The van der Waals surface area contributed by atoms with Crippen LogP contribution in [-0.4, -0.2) is 38.6 Å². The number of carbonyl (C=O) groups is 1. The van der Waals surface area contributed by atoms with Gasteiger partial charge in [0.15, 0.2) is 0 Å². The van der Waals surface area contributed by atoms with Gasteiger partial charge in [-0.15, -0.1) is 0 Å². The molecule has 2 aromatic rings. The van der Waals surface area contributed by atoms with Gasteiger partial charge in [0.2, 0.25) is 0 Å². The number of carboxylic acid groups (broad SMARTS) is 1. The fourth-order valence-electron chi connectivity index (χ4n) is 4.21. The van der Waals surface area contributed by atoms with Gasteiger partial charge in [-0.3, -0.25) is 4.90 Å². The van der Waals surface area contributed by atoms with Crippen LogP contribution in [-0.2, 0) is 13.1 Å². The van der Waals surface area contributed by atoms with Gasteiger partial charge < -0.3 is 9.67 Å². The van der Waals surface area contributed by atoms with E-state index in [-0.39, 0.29) is 0 Å². The van der Waals surface area contributed by atoms with Gasteiger partial charge in [0.05, 0.1) is 5.56 Å². The molecule has 1 N–H and O–H groups in total. The molecule has 1 aromatic carbocycles. The van der Waals surface area contributed by atoms with Crippen LogP contribution in [0.5, 0.6) is 0 Å². The van der Waals surface area contributed by atoms with Crippen LogP contribution in [0.25, 0.3) is 0 Å². The summed E-state index contributed by atoms with van der Waals surface area (Å²) in [6.07, 6.45) is 10.6. The van der Waals surface area contributed by atoms with Crippen molar-refractivity contribution in [3.05, 3.63) is 53.6 Å². The van der Waals surface area contributed by atoms with Gasteiger partial charge in [-0.05, 0) is 55.8 Å². The van der Waals surface area contributed by atoms with Crippen molar-refractivity contribution in [2.45, 2.75) is 51.1 Å². The first-order valence-electron chi connectivity index (χ1n) is 9.74. The largest absolute Gasteiger partial charge is 0.478 e. The molecule has 2 fully saturated rings. The fraction of sp³-hybridized carbons (Fsp3) is 0.524. The third-order valence-corrected chi connectivity index (χ3v) is 5.91. The Bertz CT molecular complexity index is 749. The molecule has 1 unspecified atom stereocenters. The van der Waals surface area contributed by atoms with Crippen molar-refractivity contribution in [3.8, 4) is 0 Å². The van der Waals surface area contributed by atoms with Gasteiger partial charge >= 0.3 is 5.97 Å². The quantitative estimate of drug-likeness (QED) is 0.859. The lowest BCUT2D eigenvalue weighted by atomic mass is 9.85. The lowest BCUT2D eigenvalue weighted by Gasteiger charge is -2.33. The van der Waals surface area contributed by atoms with Gasteiger partial charge in [0.1, 0.15) is 5.82 Å². The van der Waals surface area contributed by atoms with Crippen LogP contribution >= 0.6 is 0 Å². The average Bonchev–Trinajstić information content (AvgIpc) is 3.07. The maximum Gasteiger partial charge on any atom is 0.335 e. The summed E-state index contributed by atoms with van der Waals surface area (Å²) in [5.74, 6) is 1.73. The predicted molar refractivity (Wildman–Crippen MR) is 100 cm³/mol. The van der Waals surface area contributed by atoms with Gasteiger partial charge in [0, 0.05) is 37.9 Å². The Balaban J connectivity index is 1.39. The number of aromatic nitrogens is 2. The lowest BCUT2D eigenvalue weighted by molar-refractivity contribution is 0.0697. The van der Waals surface area contributed by atoms with Crippen LogP contribution in [0.2, 0.25) is 0 Å². The lowest BCUT2D eigenvalue weighted by Crippen LogP contribution is -2.35. The Hall–Kier alpha value is -2.14. The molecule has 0 amide bonds. The van der Waals surface area contributed by atoms with E-state index in [1.54, 1.807) is 12.1 Å². The van der Waals surface area contributed by atoms with Crippen LogP contribution in [0.4, 0.5) is 0 Å². The van der Waals surface area contributed by atoms with Crippen molar-refractivity contribution in [2.24, 2.45) is 5.92 Å². The third kappa shape index (κ3) is 3.83. The SMILES string of the molecule is O=C(O)c1ccc(CN2CCCC(c3nccn3CC3CCC3)C2)cc1. The first-order valence-corrected chi connectivity index (χ1v) is 9.74. The third-order valence-electron chi connectivity index (χ3n) is 5.91. The van der Waals surface area contributed by atoms with Crippen LogP contribution in [0, 0.1) is 5.92 Å². The Morgan fingerprint density at radius 2 is 1.96 bits per heavy atom. The molecule has 0 bridgehead atoms. The minimum Gasteiger partial charge on any atom is -0.478 e. The standard InChI is InChI=1S/C21H27N3O2/c25-21(26)18-8-6-17(7-9-18)13-23-11-2-5-19(15-23)20-22-10-12-24(20)14-16-3-1-4-16/h6-10,12,16,19H,1-5,11,13-15H2,(H,25,26). The molecule has 138 valence electrons. The van der Waals surface area contributed by atoms with Crippen molar-refractivity contribution in [1.82, 2.24) is 14.5 Å². The highest BCUT2D eigenvalue weighted by atomic mass is 16.4. The van der Waals surface area contributed by atoms with Gasteiger partial charge in [-0.2, -0.15) is 0 Å². The summed E-state index contributed by atoms with van der Waals surface area (Å²) < 4.78 is 2.39. The van der Waals surface area contributed by atoms with E-state index in [1.807, 2.05) is 18.3 Å². The van der Waals surface area contributed by atoms with Crippen LogP contribution in [0.15, 0.2) is 36.7 Å². The van der Waals surface area contributed by atoms with Crippen LogP contribution < -0.4 is 0 Å². The summed E-state index contributed by atoms with van der Waals surface area (Å²) >= 11 is 0. The predicted octanol–water partition coefficient (Wildman–Crippen LogP) is 3.76. The van der Waals surface area contributed by atoms with Gasteiger partial charge in [-0.1, -0.05) is 18.6 Å². The number of hydrogen-bond acceptors (Lipinski definition) is 3. The maximum absolute atomic E-state index is 11.0. The zero-order valence-corrected chi connectivity index (χ0v) is 15.2. The molecule has 1 saturated heterocycles. The molecule has 2 aliphatic rings. The van der Waals surface area contributed by atoms with E-state index < -0.39 is 5.97 Å². The van der Waals surface area contributed by atoms with E-state index in [9.17, 15) is 4.79 Å². The first kappa shape index (κ1) is 17.3. The number of nitrogens with zero attached hydrogens (tertiary/aromatic N) is 3. The normalized spacial score (nSPS) is 21.5. The van der Waals surface area contributed by atoms with E-state index in [0.717, 1.165) is 32.1 Å². The zero-order chi connectivity index (χ0) is 17.9. The topological polar surface area (TPSA) is 58.4 Å². The summed E-state index contributed by atoms with van der Waals surface area (Å²) in [6.45, 7) is 4.13. The number of carboxylic acids is 1. The summed E-state index contributed by atoms with van der Waals surface area (Å²) in [7, 11) is 0. The molecule has 4 rings (SSSR count). The highest BCUT2D eigenvalue weighted by molar-refractivity contribution is 5.87. The second-order valence-electron chi connectivity index (χ2n) is 7.81. The highest BCUT2D eigenvalue weighted by Crippen LogP contribution is 2.31. The smallest absolute Gasteiger partial charge is 0.335 e. The number of imidazole rings is 1. The van der Waals surface area contributed by atoms with Gasteiger partial charge in [-0.25, -0.2) is 9.78 Å². The molecule has 1 aliphatic heterocycles. The van der Waals surface area contributed by atoms with Crippen LogP contribution in [0.1, 0.15) is 59.8 Å². The Labute approximate surface area is 154 Å². The molecule has 0 spiro atoms. The van der Waals surface area contributed by atoms with E-state index in [2.05, 4.69) is 15.7 Å². The number of rotatable bonds is 6. The van der Waals surface area contributed by atoms with Gasteiger partial charge in [0.25, 0.3) is 0 Å². The number of likely N-dealkylation sites (tertiary alicyclic amines) is 1. The summed E-state index contributed by atoms with van der Waals surface area (Å²) in [4.78, 5) is 18.2. The fourth-order valence-corrected chi connectivity index (χ4v) is 4.21. The van der Waals surface area contributed by atoms with Crippen molar-refractivity contribution >= 4 is 5.97 Å². The molecule has 5 nitrogen and oxygen atoms in total. The average molecular weight is 353 g/mol. The van der Waals surface area contributed by atoms with E-state index in [0.29, 0.717) is 11.5 Å². The first-order chi connectivity index (χ1) is 12.7. The second kappa shape index (κ2) is 7.62.